The lowest BCUT2D eigenvalue weighted by atomic mass is 10.1. The molecule has 7 heteroatoms. The smallest absolute Gasteiger partial charge is 0.246 e. The van der Waals surface area contributed by atoms with Gasteiger partial charge in [-0.1, -0.05) is 42.5 Å². The van der Waals surface area contributed by atoms with Crippen molar-refractivity contribution in [1.29, 1.82) is 0 Å². The van der Waals surface area contributed by atoms with E-state index in [1.807, 2.05) is 78.9 Å². The SMILES string of the molecule is Clc1nnc2ccc(Oc3cccc(-c4ccc(Oc5ccccc5)cc4)c3)nn12. The van der Waals surface area contributed by atoms with Crippen molar-refractivity contribution in [2.24, 2.45) is 0 Å². The van der Waals surface area contributed by atoms with Gasteiger partial charge in [0.2, 0.25) is 11.2 Å². The van der Waals surface area contributed by atoms with Crippen molar-refractivity contribution in [2.75, 3.05) is 0 Å². The van der Waals surface area contributed by atoms with Crippen molar-refractivity contribution < 1.29 is 9.47 Å². The first-order valence-electron chi connectivity index (χ1n) is 9.24. The number of para-hydroxylation sites is 1. The summed E-state index contributed by atoms with van der Waals surface area (Å²) < 4.78 is 13.2. The van der Waals surface area contributed by atoms with E-state index in [0.717, 1.165) is 22.6 Å². The number of nitrogens with zero attached hydrogens (tertiary/aromatic N) is 4. The normalized spacial score (nSPS) is 10.8. The molecule has 0 aliphatic rings. The zero-order valence-corrected chi connectivity index (χ0v) is 16.4. The zero-order valence-electron chi connectivity index (χ0n) is 15.6. The Labute approximate surface area is 177 Å². The fraction of sp³-hybridized carbons (Fsp3) is 0. The van der Waals surface area contributed by atoms with E-state index in [9.17, 15) is 0 Å². The number of hydrogen-bond acceptors (Lipinski definition) is 5. The van der Waals surface area contributed by atoms with Crippen molar-refractivity contribution >= 4 is 17.2 Å². The molecular formula is C23H15ClN4O2. The molecule has 5 rings (SSSR count). The molecule has 0 saturated heterocycles. The lowest BCUT2D eigenvalue weighted by molar-refractivity contribution is 0.452. The first-order chi connectivity index (χ1) is 14.7. The van der Waals surface area contributed by atoms with Crippen molar-refractivity contribution in [3.63, 3.8) is 0 Å². The van der Waals surface area contributed by atoms with E-state index < -0.39 is 0 Å². The minimum Gasteiger partial charge on any atom is -0.457 e. The highest BCUT2D eigenvalue weighted by atomic mass is 35.5. The lowest BCUT2D eigenvalue weighted by Crippen LogP contribution is -1.95. The average Bonchev–Trinajstić information content (AvgIpc) is 3.15. The summed E-state index contributed by atoms with van der Waals surface area (Å²) in [6, 6.07) is 28.9. The molecule has 3 aromatic carbocycles. The van der Waals surface area contributed by atoms with Crippen molar-refractivity contribution in [3.8, 4) is 34.3 Å². The van der Waals surface area contributed by atoms with Crippen LogP contribution in [0.2, 0.25) is 5.28 Å². The van der Waals surface area contributed by atoms with Gasteiger partial charge in [-0.3, -0.25) is 0 Å². The Morgan fingerprint density at radius 1 is 0.633 bits per heavy atom. The van der Waals surface area contributed by atoms with Gasteiger partial charge in [-0.25, -0.2) is 0 Å². The largest absolute Gasteiger partial charge is 0.457 e. The van der Waals surface area contributed by atoms with E-state index >= 15 is 0 Å². The number of benzene rings is 3. The second kappa shape index (κ2) is 7.85. The van der Waals surface area contributed by atoms with E-state index in [0.29, 0.717) is 17.3 Å². The minimum absolute atomic E-state index is 0.182. The number of hydrogen-bond donors (Lipinski definition) is 0. The Bertz CT molecular complexity index is 1300. The van der Waals surface area contributed by atoms with Crippen LogP contribution in [0.5, 0.6) is 23.1 Å². The van der Waals surface area contributed by atoms with E-state index in [4.69, 9.17) is 21.1 Å². The molecule has 0 radical (unpaired) electrons. The molecule has 5 aromatic rings. The first kappa shape index (κ1) is 18.1. The lowest BCUT2D eigenvalue weighted by Gasteiger charge is -2.09. The molecule has 0 atom stereocenters. The van der Waals surface area contributed by atoms with Crippen molar-refractivity contribution in [1.82, 2.24) is 19.8 Å². The molecule has 0 aliphatic carbocycles. The van der Waals surface area contributed by atoms with Gasteiger partial charge in [0.15, 0.2) is 5.65 Å². The summed E-state index contributed by atoms with van der Waals surface area (Å²) in [7, 11) is 0. The van der Waals surface area contributed by atoms with E-state index in [2.05, 4.69) is 15.3 Å². The molecule has 6 nitrogen and oxygen atoms in total. The highest BCUT2D eigenvalue weighted by Crippen LogP contribution is 2.29. The monoisotopic (exact) mass is 414 g/mol. The van der Waals surface area contributed by atoms with Crippen LogP contribution in [-0.4, -0.2) is 19.8 Å². The molecule has 146 valence electrons. The molecular weight excluding hydrogens is 400 g/mol. The van der Waals surface area contributed by atoms with Crippen molar-refractivity contribution in [2.45, 2.75) is 0 Å². The molecule has 0 saturated carbocycles. The predicted octanol–water partition coefficient (Wildman–Crippen LogP) is 6.03. The van der Waals surface area contributed by atoms with Gasteiger partial charge in [0.25, 0.3) is 0 Å². The Hall–Kier alpha value is -3.90. The van der Waals surface area contributed by atoms with Gasteiger partial charge in [0, 0.05) is 6.07 Å². The molecule has 30 heavy (non-hydrogen) atoms. The van der Waals surface area contributed by atoms with Gasteiger partial charge in [-0.2, -0.15) is 4.52 Å². The summed E-state index contributed by atoms with van der Waals surface area (Å²) in [5.74, 6) is 2.64. The number of aromatic nitrogens is 4. The highest BCUT2D eigenvalue weighted by molar-refractivity contribution is 6.28. The van der Waals surface area contributed by atoms with Gasteiger partial charge in [0.1, 0.15) is 17.2 Å². The number of halogens is 1. The van der Waals surface area contributed by atoms with Gasteiger partial charge >= 0.3 is 0 Å². The van der Waals surface area contributed by atoms with E-state index in [1.54, 1.807) is 12.1 Å². The maximum Gasteiger partial charge on any atom is 0.246 e. The molecule has 2 aromatic heterocycles. The van der Waals surface area contributed by atoms with Crippen LogP contribution in [0.3, 0.4) is 0 Å². The maximum absolute atomic E-state index is 5.98. The topological polar surface area (TPSA) is 61.5 Å². The van der Waals surface area contributed by atoms with E-state index in [1.165, 1.54) is 4.52 Å². The van der Waals surface area contributed by atoms with Gasteiger partial charge < -0.3 is 9.47 Å². The van der Waals surface area contributed by atoms with Crippen LogP contribution in [0.4, 0.5) is 0 Å². The van der Waals surface area contributed by atoms with Crippen LogP contribution in [0.25, 0.3) is 16.8 Å². The van der Waals surface area contributed by atoms with Crippen LogP contribution in [-0.2, 0) is 0 Å². The number of fused-ring (bicyclic) bond motifs is 1. The highest BCUT2D eigenvalue weighted by Gasteiger charge is 2.07. The summed E-state index contributed by atoms with van der Waals surface area (Å²) in [6.45, 7) is 0. The first-order valence-corrected chi connectivity index (χ1v) is 9.62. The fourth-order valence-electron chi connectivity index (χ4n) is 3.00. The van der Waals surface area contributed by atoms with Gasteiger partial charge in [-0.05, 0) is 65.2 Å². The Kier molecular flexibility index (Phi) is 4.75. The third kappa shape index (κ3) is 3.81. The number of rotatable bonds is 5. The van der Waals surface area contributed by atoms with Crippen LogP contribution < -0.4 is 9.47 Å². The van der Waals surface area contributed by atoms with E-state index in [-0.39, 0.29) is 5.28 Å². The Morgan fingerprint density at radius 3 is 2.23 bits per heavy atom. The molecule has 0 unspecified atom stereocenters. The maximum atomic E-state index is 5.98. The fourth-order valence-corrected chi connectivity index (χ4v) is 3.16. The quantitative estimate of drug-likeness (QED) is 0.351. The Balaban J connectivity index is 1.35. The standard InChI is InChI=1S/C23H15ClN4O2/c24-23-26-25-21-13-14-22(27-28(21)23)30-20-8-4-5-17(15-20)16-9-11-19(12-10-16)29-18-6-2-1-3-7-18/h1-15H. The average molecular weight is 415 g/mol. The molecule has 0 spiro atoms. The minimum atomic E-state index is 0.182. The zero-order chi connectivity index (χ0) is 20.3. The molecule has 0 amide bonds. The summed E-state index contributed by atoms with van der Waals surface area (Å²) in [5, 5.41) is 12.2. The summed E-state index contributed by atoms with van der Waals surface area (Å²) >= 11 is 5.98. The summed E-state index contributed by atoms with van der Waals surface area (Å²) in [4.78, 5) is 0. The van der Waals surface area contributed by atoms with Crippen molar-refractivity contribution in [3.05, 3.63) is 96.3 Å². The molecule has 0 bridgehead atoms. The molecule has 0 N–H and O–H groups in total. The third-order valence-corrected chi connectivity index (χ3v) is 4.66. The molecule has 0 fully saturated rings. The van der Waals surface area contributed by atoms with Crippen LogP contribution in [0, 0.1) is 0 Å². The second-order valence-corrected chi connectivity index (χ2v) is 6.82. The van der Waals surface area contributed by atoms with Gasteiger partial charge in [0.05, 0.1) is 0 Å². The second-order valence-electron chi connectivity index (χ2n) is 6.48. The molecule has 2 heterocycles. The Morgan fingerprint density at radius 2 is 1.40 bits per heavy atom. The summed E-state index contributed by atoms with van der Waals surface area (Å²) in [6.07, 6.45) is 0. The van der Waals surface area contributed by atoms with Crippen LogP contribution >= 0.6 is 11.6 Å². The predicted molar refractivity (Wildman–Crippen MR) is 114 cm³/mol. The van der Waals surface area contributed by atoms with Crippen LogP contribution in [0.15, 0.2) is 91.0 Å². The third-order valence-electron chi connectivity index (χ3n) is 4.42. The van der Waals surface area contributed by atoms with Crippen LogP contribution in [0.1, 0.15) is 0 Å². The molecule has 0 aliphatic heterocycles. The van der Waals surface area contributed by atoms with Gasteiger partial charge in [-0.15, -0.1) is 15.3 Å². The number of ether oxygens (including phenoxy) is 2. The summed E-state index contributed by atoms with van der Waals surface area (Å²) in [5.41, 5.74) is 2.62.